The average Bonchev–Trinajstić information content (AvgIpc) is 2.96. The molecule has 0 spiro atoms. The fourth-order valence-corrected chi connectivity index (χ4v) is 5.52. The van der Waals surface area contributed by atoms with Crippen LogP contribution >= 0.6 is 0 Å². The van der Waals surface area contributed by atoms with Crippen molar-refractivity contribution >= 4 is 22.2 Å². The summed E-state index contributed by atoms with van der Waals surface area (Å²) >= 11 is 0. The quantitative estimate of drug-likeness (QED) is 0.0994. The van der Waals surface area contributed by atoms with Gasteiger partial charge in [0, 0.05) is 0 Å². The predicted octanol–water partition coefficient (Wildman–Crippen LogP) is 6.73. The van der Waals surface area contributed by atoms with Gasteiger partial charge >= 0.3 is 16.1 Å². The molecule has 7 nitrogen and oxygen atoms in total. The molecule has 4 aromatic carbocycles. The number of aryl methyl sites for hydroxylation is 3. The molecule has 0 bridgehead atoms. The van der Waals surface area contributed by atoms with Crippen LogP contribution in [0.4, 0.5) is 0 Å². The Morgan fingerprint density at radius 3 is 2.26 bits per heavy atom. The number of aliphatic carboxylic acids is 1. The van der Waals surface area contributed by atoms with E-state index >= 15 is 0 Å². The average molecular weight is 587 g/mol. The Morgan fingerprint density at radius 2 is 1.57 bits per heavy atom. The SMILES string of the molecule is COC(=Cc1ccc(CCCc2ccc(OS(=O)(=O)Cc3cccc(C)c3)cc2)c(OCc2ccccc2)c1)C(=O)O. The molecule has 1 N–H and O–H groups in total. The van der Waals surface area contributed by atoms with Crippen LogP contribution < -0.4 is 8.92 Å². The highest BCUT2D eigenvalue weighted by molar-refractivity contribution is 7.86. The number of carboxylic acids is 1. The lowest BCUT2D eigenvalue weighted by Gasteiger charge is -2.13. The molecule has 0 heterocycles. The predicted molar refractivity (Wildman–Crippen MR) is 163 cm³/mol. The van der Waals surface area contributed by atoms with E-state index in [2.05, 4.69) is 0 Å². The summed E-state index contributed by atoms with van der Waals surface area (Å²) in [5.41, 5.74) is 5.41. The van der Waals surface area contributed by atoms with Crippen molar-refractivity contribution in [2.24, 2.45) is 0 Å². The molecule has 0 amide bonds. The Kier molecular flexibility index (Phi) is 10.4. The van der Waals surface area contributed by atoms with Crippen molar-refractivity contribution in [1.29, 1.82) is 0 Å². The van der Waals surface area contributed by atoms with Crippen LogP contribution in [-0.4, -0.2) is 26.6 Å². The summed E-state index contributed by atoms with van der Waals surface area (Å²) in [7, 11) is -2.45. The van der Waals surface area contributed by atoms with Crippen molar-refractivity contribution in [2.45, 2.75) is 38.5 Å². The molecule has 0 aliphatic rings. The van der Waals surface area contributed by atoms with Gasteiger partial charge in [0.05, 0.1) is 7.11 Å². The molecule has 0 radical (unpaired) electrons. The molecule has 0 aromatic heterocycles. The van der Waals surface area contributed by atoms with Crippen LogP contribution in [0.25, 0.3) is 6.08 Å². The zero-order valence-electron chi connectivity index (χ0n) is 23.7. The van der Waals surface area contributed by atoms with Gasteiger partial charge in [-0.1, -0.05) is 84.4 Å². The summed E-state index contributed by atoms with van der Waals surface area (Å²) in [5.74, 6) is -0.539. The van der Waals surface area contributed by atoms with E-state index in [1.807, 2.05) is 85.8 Å². The minimum Gasteiger partial charge on any atom is -0.490 e. The number of benzene rings is 4. The van der Waals surface area contributed by atoms with Crippen LogP contribution in [0.15, 0.2) is 103 Å². The smallest absolute Gasteiger partial charge is 0.371 e. The minimum atomic E-state index is -3.78. The molecule has 218 valence electrons. The number of rotatable bonds is 14. The standard InChI is InChI=1S/C34H34O7S/c1-25-8-6-12-29(20-25)24-42(37,38)41-31-18-15-26(16-19-31)11-7-13-30-17-14-28(22-33(39-2)34(35)36)21-32(30)40-23-27-9-4-3-5-10-27/h3-6,8-10,12,14-22H,7,11,13,23-24H2,1-2H3,(H,35,36). The van der Waals surface area contributed by atoms with E-state index in [9.17, 15) is 18.3 Å². The first-order valence-corrected chi connectivity index (χ1v) is 15.1. The molecule has 0 atom stereocenters. The molecule has 0 saturated heterocycles. The third-order valence-corrected chi connectivity index (χ3v) is 7.67. The lowest BCUT2D eigenvalue weighted by Crippen LogP contribution is -2.12. The van der Waals surface area contributed by atoms with Gasteiger partial charge in [0.2, 0.25) is 5.76 Å². The molecular weight excluding hydrogens is 552 g/mol. The number of methoxy groups -OCH3 is 1. The van der Waals surface area contributed by atoms with Crippen molar-refractivity contribution in [3.63, 3.8) is 0 Å². The first-order valence-electron chi connectivity index (χ1n) is 13.6. The second-order valence-corrected chi connectivity index (χ2v) is 11.5. The Bertz CT molecular complexity index is 1630. The Morgan fingerprint density at radius 1 is 0.833 bits per heavy atom. The normalized spacial score (nSPS) is 11.6. The van der Waals surface area contributed by atoms with Gasteiger partial charge in [0.15, 0.2) is 0 Å². The van der Waals surface area contributed by atoms with Crippen molar-refractivity contribution in [3.05, 3.63) is 136 Å². The largest absolute Gasteiger partial charge is 0.490 e. The first kappa shape index (κ1) is 30.4. The van der Waals surface area contributed by atoms with Crippen LogP contribution in [0.1, 0.15) is 39.8 Å². The summed E-state index contributed by atoms with van der Waals surface area (Å²) < 4.78 is 41.5. The van der Waals surface area contributed by atoms with E-state index in [0.29, 0.717) is 23.5 Å². The third kappa shape index (κ3) is 9.24. The van der Waals surface area contributed by atoms with Gasteiger partial charge in [0.25, 0.3) is 0 Å². The summed E-state index contributed by atoms with van der Waals surface area (Å²) in [5, 5.41) is 9.31. The summed E-state index contributed by atoms with van der Waals surface area (Å²) in [6.07, 6.45) is 3.78. The maximum atomic E-state index is 12.5. The van der Waals surface area contributed by atoms with E-state index in [1.54, 1.807) is 18.2 Å². The Balaban J connectivity index is 1.39. The van der Waals surface area contributed by atoms with E-state index in [4.69, 9.17) is 13.7 Å². The lowest BCUT2D eigenvalue weighted by atomic mass is 10.0. The van der Waals surface area contributed by atoms with E-state index in [-0.39, 0.29) is 17.3 Å². The Labute approximate surface area is 247 Å². The van der Waals surface area contributed by atoms with Gasteiger partial charge in [-0.2, -0.15) is 8.42 Å². The monoisotopic (exact) mass is 586 g/mol. The molecule has 0 fully saturated rings. The van der Waals surface area contributed by atoms with Gasteiger partial charge in [-0.3, -0.25) is 0 Å². The molecule has 0 aliphatic carbocycles. The molecule has 8 heteroatoms. The van der Waals surface area contributed by atoms with Crippen LogP contribution in [-0.2, 0) is 44.9 Å². The number of ether oxygens (including phenoxy) is 2. The fraction of sp³-hybridized carbons (Fsp3) is 0.206. The fourth-order valence-electron chi connectivity index (χ4n) is 4.47. The maximum absolute atomic E-state index is 12.5. The van der Waals surface area contributed by atoms with Crippen LogP contribution in [0.3, 0.4) is 0 Å². The first-order chi connectivity index (χ1) is 20.2. The van der Waals surface area contributed by atoms with Crippen molar-refractivity contribution in [2.75, 3.05) is 7.11 Å². The molecule has 0 saturated carbocycles. The Hall–Kier alpha value is -4.56. The zero-order chi connectivity index (χ0) is 30.0. The van der Waals surface area contributed by atoms with E-state index < -0.39 is 16.1 Å². The highest BCUT2D eigenvalue weighted by atomic mass is 32.2. The van der Waals surface area contributed by atoms with E-state index in [0.717, 1.165) is 41.5 Å². The maximum Gasteiger partial charge on any atom is 0.371 e. The van der Waals surface area contributed by atoms with Crippen LogP contribution in [0.2, 0.25) is 0 Å². The molecule has 0 unspecified atom stereocenters. The molecule has 4 rings (SSSR count). The van der Waals surface area contributed by atoms with Gasteiger partial charge in [-0.25, -0.2) is 4.79 Å². The summed E-state index contributed by atoms with van der Waals surface area (Å²) in [6, 6.07) is 29.9. The topological polar surface area (TPSA) is 99.1 Å². The zero-order valence-corrected chi connectivity index (χ0v) is 24.5. The van der Waals surface area contributed by atoms with Crippen LogP contribution in [0, 0.1) is 6.92 Å². The second-order valence-electron chi connectivity index (χ2n) is 9.93. The second kappa shape index (κ2) is 14.4. The highest BCUT2D eigenvalue weighted by Gasteiger charge is 2.15. The van der Waals surface area contributed by atoms with Gasteiger partial charge in [-0.05, 0) is 78.3 Å². The van der Waals surface area contributed by atoms with Crippen LogP contribution in [0.5, 0.6) is 11.5 Å². The third-order valence-electron chi connectivity index (χ3n) is 6.54. The number of carboxylic acid groups (broad SMARTS) is 1. The molecule has 42 heavy (non-hydrogen) atoms. The minimum absolute atomic E-state index is 0.160. The van der Waals surface area contributed by atoms with Crippen molar-refractivity contribution < 1.29 is 32.0 Å². The lowest BCUT2D eigenvalue weighted by molar-refractivity contribution is -0.135. The van der Waals surface area contributed by atoms with E-state index in [1.165, 1.54) is 13.2 Å². The van der Waals surface area contributed by atoms with Gasteiger partial charge < -0.3 is 18.8 Å². The molecular formula is C34H34O7S. The number of carbonyl (C=O) groups is 1. The number of hydrogen-bond donors (Lipinski definition) is 1. The molecule has 4 aromatic rings. The summed E-state index contributed by atoms with van der Waals surface area (Å²) in [4.78, 5) is 11.4. The highest BCUT2D eigenvalue weighted by Crippen LogP contribution is 2.26. The molecule has 0 aliphatic heterocycles. The van der Waals surface area contributed by atoms with Crippen molar-refractivity contribution in [1.82, 2.24) is 0 Å². The van der Waals surface area contributed by atoms with Gasteiger partial charge in [-0.15, -0.1) is 0 Å². The van der Waals surface area contributed by atoms with Crippen molar-refractivity contribution in [3.8, 4) is 11.5 Å². The summed E-state index contributed by atoms with van der Waals surface area (Å²) in [6.45, 7) is 2.30. The van der Waals surface area contributed by atoms with Gasteiger partial charge in [0.1, 0.15) is 23.9 Å². The number of hydrogen-bond acceptors (Lipinski definition) is 6.